The number of hydrogen-bond donors (Lipinski definition) is 1. The Morgan fingerprint density at radius 2 is 1.88 bits per heavy atom. The number of fused-ring (bicyclic) bond motifs is 3. The fourth-order valence-corrected chi connectivity index (χ4v) is 5.99. The zero-order valence-corrected chi connectivity index (χ0v) is 19.6. The number of hydrazone groups is 1. The van der Waals surface area contributed by atoms with E-state index in [1.54, 1.807) is 26.0 Å². The third kappa shape index (κ3) is 4.43. The number of sulfonamides is 1. The largest absolute Gasteiger partial charge is 0.325 e. The minimum Gasteiger partial charge on any atom is -0.325 e. The minimum absolute atomic E-state index is 0.120. The third-order valence-electron chi connectivity index (χ3n) is 5.35. The molecule has 0 fully saturated rings. The standard InChI is InChI=1S/C22H25N5O3S2/c1-3-26(4-2)32(29,30)17-11-9-16(10-12-17)24-21(28)15-31-22-25-19-8-6-5-7-18(19)20-13-14-23-27(20)22/h5-12,14,20H,3-4,13,15H2,1-2H3,(H,24,28)/t20-/m0/s1. The van der Waals surface area contributed by atoms with Gasteiger partial charge < -0.3 is 5.32 Å². The van der Waals surface area contributed by atoms with Gasteiger partial charge in [0.15, 0.2) is 5.17 Å². The molecule has 8 nitrogen and oxygen atoms in total. The van der Waals surface area contributed by atoms with Gasteiger partial charge in [0.2, 0.25) is 15.9 Å². The summed E-state index contributed by atoms with van der Waals surface area (Å²) in [6.45, 7) is 4.42. The van der Waals surface area contributed by atoms with Crippen LogP contribution in [0.5, 0.6) is 0 Å². The topological polar surface area (TPSA) is 94.4 Å². The van der Waals surface area contributed by atoms with Crippen molar-refractivity contribution in [3.05, 3.63) is 54.1 Å². The zero-order valence-electron chi connectivity index (χ0n) is 17.9. The van der Waals surface area contributed by atoms with Crippen LogP contribution in [0.2, 0.25) is 0 Å². The molecule has 0 bridgehead atoms. The number of nitrogens with zero attached hydrogens (tertiary/aromatic N) is 4. The molecule has 32 heavy (non-hydrogen) atoms. The zero-order chi connectivity index (χ0) is 22.7. The highest BCUT2D eigenvalue weighted by molar-refractivity contribution is 8.14. The summed E-state index contributed by atoms with van der Waals surface area (Å²) in [6, 6.07) is 14.3. The van der Waals surface area contributed by atoms with E-state index in [1.807, 2.05) is 29.4 Å². The Morgan fingerprint density at radius 3 is 2.59 bits per heavy atom. The number of aliphatic imine (C=N–C) groups is 1. The van der Waals surface area contributed by atoms with E-state index in [0.717, 1.165) is 17.7 Å². The molecular weight excluding hydrogens is 446 g/mol. The smallest absolute Gasteiger partial charge is 0.243 e. The van der Waals surface area contributed by atoms with Crippen LogP contribution in [0.15, 0.2) is 63.5 Å². The van der Waals surface area contributed by atoms with E-state index >= 15 is 0 Å². The van der Waals surface area contributed by atoms with Crippen molar-refractivity contribution in [3.63, 3.8) is 0 Å². The molecule has 1 N–H and O–H groups in total. The molecule has 0 aromatic heterocycles. The summed E-state index contributed by atoms with van der Waals surface area (Å²) in [5.41, 5.74) is 2.59. The molecular formula is C22H25N5O3S2. The van der Waals surface area contributed by atoms with Gasteiger partial charge in [-0.15, -0.1) is 0 Å². The predicted molar refractivity (Wildman–Crippen MR) is 129 cm³/mol. The first kappa shape index (κ1) is 22.5. The predicted octanol–water partition coefficient (Wildman–Crippen LogP) is 3.82. The Kier molecular flexibility index (Phi) is 6.63. The van der Waals surface area contributed by atoms with Crippen molar-refractivity contribution in [2.45, 2.75) is 31.2 Å². The lowest BCUT2D eigenvalue weighted by molar-refractivity contribution is -0.113. The van der Waals surface area contributed by atoms with Crippen molar-refractivity contribution in [1.29, 1.82) is 0 Å². The maximum atomic E-state index is 12.6. The molecule has 0 spiro atoms. The summed E-state index contributed by atoms with van der Waals surface area (Å²) in [4.78, 5) is 17.4. The van der Waals surface area contributed by atoms with Crippen molar-refractivity contribution in [3.8, 4) is 0 Å². The number of rotatable bonds is 7. The average Bonchev–Trinajstić information content (AvgIpc) is 3.29. The second-order valence-electron chi connectivity index (χ2n) is 7.30. The van der Waals surface area contributed by atoms with Gasteiger partial charge in [-0.2, -0.15) is 9.41 Å². The van der Waals surface area contributed by atoms with Gasteiger partial charge in [-0.1, -0.05) is 43.8 Å². The third-order valence-corrected chi connectivity index (χ3v) is 8.36. The molecule has 2 aromatic carbocycles. The Bertz CT molecular complexity index is 1160. The van der Waals surface area contributed by atoms with Gasteiger partial charge in [-0.25, -0.2) is 18.4 Å². The Balaban J connectivity index is 1.40. The summed E-state index contributed by atoms with van der Waals surface area (Å²) in [5, 5.41) is 9.80. The molecule has 0 saturated heterocycles. The number of anilines is 1. The van der Waals surface area contributed by atoms with Crippen LogP contribution in [0, 0.1) is 0 Å². The van der Waals surface area contributed by atoms with E-state index in [-0.39, 0.29) is 22.6 Å². The number of benzene rings is 2. The maximum absolute atomic E-state index is 12.6. The lowest BCUT2D eigenvalue weighted by atomic mass is 10.0. The summed E-state index contributed by atoms with van der Waals surface area (Å²) in [5.74, 6) is -0.0326. The molecule has 4 rings (SSSR count). The van der Waals surface area contributed by atoms with Gasteiger partial charge in [-0.3, -0.25) is 4.79 Å². The summed E-state index contributed by atoms with van der Waals surface area (Å²) < 4.78 is 26.6. The van der Waals surface area contributed by atoms with Gasteiger partial charge in [0, 0.05) is 37.0 Å². The molecule has 0 radical (unpaired) electrons. The summed E-state index contributed by atoms with van der Waals surface area (Å²) in [6.07, 6.45) is 2.68. The number of amides is 1. The molecule has 2 aliphatic rings. The van der Waals surface area contributed by atoms with Crippen LogP contribution >= 0.6 is 11.8 Å². The molecule has 0 aliphatic carbocycles. The first-order valence-corrected chi connectivity index (χ1v) is 12.9. The number of amidine groups is 1. The first-order valence-electron chi connectivity index (χ1n) is 10.5. The van der Waals surface area contributed by atoms with Crippen LogP contribution in [0.1, 0.15) is 31.9 Å². The van der Waals surface area contributed by atoms with Crippen LogP contribution in [0.4, 0.5) is 11.4 Å². The average molecular weight is 472 g/mol. The van der Waals surface area contributed by atoms with E-state index in [0.29, 0.717) is 23.9 Å². The fourth-order valence-electron chi connectivity index (χ4n) is 3.73. The number of para-hydroxylation sites is 1. The SMILES string of the molecule is CCN(CC)S(=O)(=O)c1ccc(NC(=O)CSC2=Nc3ccccc3[C@@H]3CC=NN23)cc1. The van der Waals surface area contributed by atoms with E-state index in [9.17, 15) is 13.2 Å². The van der Waals surface area contributed by atoms with E-state index in [4.69, 9.17) is 0 Å². The van der Waals surface area contributed by atoms with Crippen molar-refractivity contribution in [2.75, 3.05) is 24.2 Å². The summed E-state index contributed by atoms with van der Waals surface area (Å²) >= 11 is 1.33. The highest BCUT2D eigenvalue weighted by Gasteiger charge is 2.32. The van der Waals surface area contributed by atoms with E-state index in [2.05, 4.69) is 21.5 Å². The van der Waals surface area contributed by atoms with Crippen LogP contribution in [-0.2, 0) is 14.8 Å². The van der Waals surface area contributed by atoms with E-state index in [1.165, 1.54) is 28.2 Å². The number of nitrogens with one attached hydrogen (secondary N) is 1. The van der Waals surface area contributed by atoms with Crippen molar-refractivity contribution < 1.29 is 13.2 Å². The minimum atomic E-state index is -3.52. The van der Waals surface area contributed by atoms with Gasteiger partial charge in [0.25, 0.3) is 0 Å². The van der Waals surface area contributed by atoms with Gasteiger partial charge in [-0.05, 0) is 30.3 Å². The molecule has 2 aliphatic heterocycles. The van der Waals surface area contributed by atoms with Crippen LogP contribution < -0.4 is 5.32 Å². The Hall–Kier alpha value is -2.69. The molecule has 168 valence electrons. The van der Waals surface area contributed by atoms with Gasteiger partial charge in [0.05, 0.1) is 22.4 Å². The molecule has 1 amide bonds. The fraction of sp³-hybridized carbons (Fsp3) is 0.318. The van der Waals surface area contributed by atoms with Crippen LogP contribution in [-0.4, -0.2) is 53.9 Å². The molecule has 2 heterocycles. The van der Waals surface area contributed by atoms with Crippen molar-refractivity contribution >= 4 is 50.4 Å². The van der Waals surface area contributed by atoms with E-state index < -0.39 is 10.0 Å². The number of carbonyl (C=O) groups is 1. The lowest BCUT2D eigenvalue weighted by Gasteiger charge is -2.29. The lowest BCUT2D eigenvalue weighted by Crippen LogP contribution is -2.30. The molecule has 0 unspecified atom stereocenters. The monoisotopic (exact) mass is 471 g/mol. The van der Waals surface area contributed by atoms with Crippen molar-refractivity contribution in [2.24, 2.45) is 10.1 Å². The second-order valence-corrected chi connectivity index (χ2v) is 10.2. The quantitative estimate of drug-likeness (QED) is 0.662. The van der Waals surface area contributed by atoms with Gasteiger partial charge in [0.1, 0.15) is 0 Å². The first-order chi connectivity index (χ1) is 15.4. The Labute approximate surface area is 192 Å². The highest BCUT2D eigenvalue weighted by Crippen LogP contribution is 2.40. The Morgan fingerprint density at radius 1 is 1.16 bits per heavy atom. The molecule has 0 saturated carbocycles. The second kappa shape index (κ2) is 9.43. The molecule has 2 aromatic rings. The number of hydrogen-bond acceptors (Lipinski definition) is 7. The van der Waals surface area contributed by atoms with Crippen LogP contribution in [0.25, 0.3) is 0 Å². The number of carbonyl (C=O) groups excluding carboxylic acids is 1. The highest BCUT2D eigenvalue weighted by atomic mass is 32.2. The molecule has 10 heteroatoms. The maximum Gasteiger partial charge on any atom is 0.243 e. The number of thioether (sulfide) groups is 1. The normalized spacial score (nSPS) is 17.2. The molecule has 1 atom stereocenters. The summed E-state index contributed by atoms with van der Waals surface area (Å²) in [7, 11) is -3.52. The van der Waals surface area contributed by atoms with Crippen molar-refractivity contribution in [1.82, 2.24) is 9.31 Å². The van der Waals surface area contributed by atoms with Gasteiger partial charge >= 0.3 is 0 Å². The van der Waals surface area contributed by atoms with Crippen LogP contribution in [0.3, 0.4) is 0 Å².